The fourth-order valence-electron chi connectivity index (χ4n) is 1.20. The normalized spacial score (nSPS) is 12.2. The molecule has 0 aliphatic carbocycles. The number of hydrogen-bond acceptors (Lipinski definition) is 4. The van der Waals surface area contributed by atoms with E-state index in [0.29, 0.717) is 6.07 Å². The predicted octanol–water partition coefficient (Wildman–Crippen LogP) is 1.31. The smallest absolute Gasteiger partial charge is 0.337 e. The molecule has 7 heteroatoms. The molecule has 0 aliphatic heterocycles. The van der Waals surface area contributed by atoms with Gasteiger partial charge in [0.05, 0.1) is 17.7 Å². The lowest BCUT2D eigenvalue weighted by Gasteiger charge is -2.14. The highest BCUT2D eigenvalue weighted by molar-refractivity contribution is 6.32. The minimum atomic E-state index is -2.08. The number of halogens is 2. The van der Waals surface area contributed by atoms with Crippen LogP contribution in [-0.4, -0.2) is 28.4 Å². The van der Waals surface area contributed by atoms with Crippen molar-refractivity contribution in [2.45, 2.75) is 6.10 Å². The van der Waals surface area contributed by atoms with E-state index in [1.54, 1.807) is 0 Å². The second-order valence-electron chi connectivity index (χ2n) is 2.88. The molecule has 3 N–H and O–H groups in total. The van der Waals surface area contributed by atoms with Crippen LogP contribution in [0.2, 0.25) is 5.02 Å². The second-order valence-corrected chi connectivity index (χ2v) is 3.26. The molecular weight excluding hydrogens is 243 g/mol. The molecule has 16 heavy (non-hydrogen) atoms. The third-order valence-electron chi connectivity index (χ3n) is 1.90. The van der Waals surface area contributed by atoms with E-state index >= 15 is 0 Å². The van der Waals surface area contributed by atoms with Crippen molar-refractivity contribution in [2.75, 3.05) is 7.11 Å². The summed E-state index contributed by atoms with van der Waals surface area (Å²) in [6.07, 6.45) is -2.08. The fraction of sp³-hybridized carbons (Fsp3) is 0.222. The van der Waals surface area contributed by atoms with Crippen LogP contribution in [0, 0.1) is 5.82 Å². The maximum atomic E-state index is 13.1. The van der Waals surface area contributed by atoms with Crippen molar-refractivity contribution >= 4 is 17.6 Å². The first kappa shape index (κ1) is 12.5. The summed E-state index contributed by atoms with van der Waals surface area (Å²) in [6, 6.07) is 0.666. The Morgan fingerprint density at radius 3 is 2.62 bits per heavy atom. The number of benzene rings is 1. The number of rotatable bonds is 3. The zero-order chi connectivity index (χ0) is 12.5. The van der Waals surface area contributed by atoms with Gasteiger partial charge in [0.25, 0.3) is 0 Å². The maximum absolute atomic E-state index is 13.1. The van der Waals surface area contributed by atoms with Crippen molar-refractivity contribution in [3.05, 3.63) is 22.5 Å². The van der Waals surface area contributed by atoms with Gasteiger partial charge >= 0.3 is 5.97 Å². The number of carboxylic acid groups (broad SMARTS) is 1. The molecule has 0 amide bonds. The Kier molecular flexibility index (Phi) is 3.56. The van der Waals surface area contributed by atoms with E-state index in [1.807, 2.05) is 0 Å². The Hall–Kier alpha value is -1.53. The molecule has 1 rings (SSSR count). The minimum Gasteiger partial charge on any atom is -0.504 e. The first-order valence-corrected chi connectivity index (χ1v) is 4.43. The molecule has 0 radical (unpaired) electrons. The number of hydrogen-bond donors (Lipinski definition) is 3. The van der Waals surface area contributed by atoms with Crippen molar-refractivity contribution in [2.24, 2.45) is 0 Å². The number of phenols is 1. The number of aliphatic hydroxyl groups is 1. The minimum absolute atomic E-state index is 0.374. The number of carbonyl (C=O) groups is 1. The van der Waals surface area contributed by atoms with Gasteiger partial charge in [-0.1, -0.05) is 11.6 Å². The number of phenolic OH excluding ortho intramolecular Hbond substituents is 1. The highest BCUT2D eigenvalue weighted by Gasteiger charge is 2.28. The summed E-state index contributed by atoms with van der Waals surface area (Å²) in [6.45, 7) is 0. The van der Waals surface area contributed by atoms with E-state index in [1.165, 1.54) is 0 Å². The summed E-state index contributed by atoms with van der Waals surface area (Å²) < 4.78 is 17.8. The number of aromatic hydroxyl groups is 1. The monoisotopic (exact) mass is 250 g/mol. The first-order valence-electron chi connectivity index (χ1n) is 4.05. The molecule has 1 unspecified atom stereocenters. The third kappa shape index (κ3) is 2.02. The van der Waals surface area contributed by atoms with E-state index < -0.39 is 34.2 Å². The van der Waals surface area contributed by atoms with E-state index in [0.717, 1.165) is 7.11 Å². The Morgan fingerprint density at radius 2 is 2.19 bits per heavy atom. The van der Waals surface area contributed by atoms with E-state index in [-0.39, 0.29) is 5.75 Å². The van der Waals surface area contributed by atoms with Crippen molar-refractivity contribution in [3.63, 3.8) is 0 Å². The summed E-state index contributed by atoms with van der Waals surface area (Å²) in [7, 11) is 1.13. The van der Waals surface area contributed by atoms with E-state index in [2.05, 4.69) is 4.74 Å². The molecule has 0 spiro atoms. The Bertz CT molecular complexity index is 434. The average Bonchev–Trinajstić information content (AvgIpc) is 2.21. The highest BCUT2D eigenvalue weighted by atomic mass is 35.5. The number of aliphatic carboxylic acids is 1. The zero-order valence-corrected chi connectivity index (χ0v) is 8.82. The van der Waals surface area contributed by atoms with Crippen molar-refractivity contribution in [3.8, 4) is 11.5 Å². The SMILES string of the molecule is COc1c(O)cc(F)c(Cl)c1C(O)C(=O)O. The molecule has 5 nitrogen and oxygen atoms in total. The number of aliphatic hydroxyl groups excluding tert-OH is 1. The quantitative estimate of drug-likeness (QED) is 0.753. The van der Waals surface area contributed by atoms with Crippen LogP contribution in [0.15, 0.2) is 6.07 Å². The maximum Gasteiger partial charge on any atom is 0.337 e. The number of ether oxygens (including phenoxy) is 1. The molecule has 0 bridgehead atoms. The van der Waals surface area contributed by atoms with Gasteiger partial charge in [0.2, 0.25) is 0 Å². The molecular formula is C9H8ClFO5. The second kappa shape index (κ2) is 4.54. The number of carboxylic acids is 1. The van der Waals surface area contributed by atoms with Crippen molar-refractivity contribution in [1.82, 2.24) is 0 Å². The summed E-state index contributed by atoms with van der Waals surface area (Å²) in [4.78, 5) is 10.6. The molecule has 0 aliphatic rings. The van der Waals surface area contributed by atoms with Crippen LogP contribution in [0.1, 0.15) is 11.7 Å². The lowest BCUT2D eigenvalue weighted by molar-refractivity contribution is -0.147. The van der Waals surface area contributed by atoms with Gasteiger partial charge < -0.3 is 20.1 Å². The Morgan fingerprint density at radius 1 is 1.62 bits per heavy atom. The average molecular weight is 251 g/mol. The molecule has 1 aromatic carbocycles. The summed E-state index contributed by atoms with van der Waals surface area (Å²) in [5.41, 5.74) is -0.519. The highest BCUT2D eigenvalue weighted by Crippen LogP contribution is 2.40. The van der Waals surface area contributed by atoms with Gasteiger partial charge in [0.1, 0.15) is 5.82 Å². The summed E-state index contributed by atoms with van der Waals surface area (Å²) in [5, 5.41) is 26.6. The molecule has 1 aromatic rings. The predicted molar refractivity (Wildman–Crippen MR) is 52.2 cm³/mol. The number of methoxy groups -OCH3 is 1. The molecule has 0 heterocycles. The molecule has 0 saturated carbocycles. The summed E-state index contributed by atoms with van der Waals surface area (Å²) in [5.74, 6) is -3.69. The van der Waals surface area contributed by atoms with Gasteiger partial charge in [-0.15, -0.1) is 0 Å². The Balaban J connectivity index is 3.50. The van der Waals surface area contributed by atoms with Crippen LogP contribution in [0.5, 0.6) is 11.5 Å². The van der Waals surface area contributed by atoms with Gasteiger partial charge in [0, 0.05) is 6.07 Å². The molecule has 88 valence electrons. The van der Waals surface area contributed by atoms with Crippen LogP contribution in [0.3, 0.4) is 0 Å². The van der Waals surface area contributed by atoms with Gasteiger partial charge in [-0.25, -0.2) is 9.18 Å². The van der Waals surface area contributed by atoms with Gasteiger partial charge in [-0.2, -0.15) is 0 Å². The lowest BCUT2D eigenvalue weighted by atomic mass is 10.1. The largest absolute Gasteiger partial charge is 0.504 e. The molecule has 0 saturated heterocycles. The van der Waals surface area contributed by atoms with E-state index in [4.69, 9.17) is 16.7 Å². The first-order chi connectivity index (χ1) is 7.40. The summed E-state index contributed by atoms with van der Waals surface area (Å²) >= 11 is 5.50. The fourth-order valence-corrected chi connectivity index (χ4v) is 1.44. The molecule has 0 fully saturated rings. The van der Waals surface area contributed by atoms with Crippen LogP contribution in [-0.2, 0) is 4.79 Å². The Labute approximate surface area is 94.7 Å². The van der Waals surface area contributed by atoms with Gasteiger partial charge in [0.15, 0.2) is 17.6 Å². The standard InChI is InChI=1S/C9H8ClFO5/c1-16-8-4(12)2-3(11)6(10)5(8)7(13)9(14)15/h2,7,12-13H,1H3,(H,14,15). The van der Waals surface area contributed by atoms with Crippen LogP contribution in [0.4, 0.5) is 4.39 Å². The molecule has 1 atom stereocenters. The zero-order valence-electron chi connectivity index (χ0n) is 8.07. The van der Waals surface area contributed by atoms with Crippen LogP contribution < -0.4 is 4.74 Å². The van der Waals surface area contributed by atoms with Crippen molar-refractivity contribution < 1.29 is 29.2 Å². The molecule has 0 aromatic heterocycles. The topological polar surface area (TPSA) is 87.0 Å². The van der Waals surface area contributed by atoms with Crippen LogP contribution in [0.25, 0.3) is 0 Å². The van der Waals surface area contributed by atoms with E-state index in [9.17, 15) is 19.4 Å². The van der Waals surface area contributed by atoms with Gasteiger partial charge in [-0.05, 0) is 0 Å². The third-order valence-corrected chi connectivity index (χ3v) is 2.28. The van der Waals surface area contributed by atoms with Crippen LogP contribution >= 0.6 is 11.6 Å². The lowest BCUT2D eigenvalue weighted by Crippen LogP contribution is -2.13. The van der Waals surface area contributed by atoms with Crippen molar-refractivity contribution in [1.29, 1.82) is 0 Å². The van der Waals surface area contributed by atoms with Gasteiger partial charge in [-0.3, -0.25) is 0 Å².